The van der Waals surface area contributed by atoms with Gasteiger partial charge in [0, 0.05) is 30.1 Å². The van der Waals surface area contributed by atoms with E-state index in [-0.39, 0.29) is 11.8 Å². The number of aryl methyl sites for hydroxylation is 2. The molecule has 2 aliphatic heterocycles. The molecule has 0 bridgehead atoms. The Morgan fingerprint density at radius 1 is 1.17 bits per heavy atom. The third-order valence-corrected chi connectivity index (χ3v) is 7.34. The van der Waals surface area contributed by atoms with Crippen LogP contribution in [0.4, 0.5) is 10.5 Å². The molecule has 0 saturated carbocycles. The van der Waals surface area contributed by atoms with Crippen LogP contribution in [0.2, 0.25) is 0 Å². The summed E-state index contributed by atoms with van der Waals surface area (Å²) in [5, 5.41) is 12.5. The molecule has 1 aromatic rings. The number of sulfonamides is 1. The summed E-state index contributed by atoms with van der Waals surface area (Å²) in [6.07, 6.45) is 2.66. The van der Waals surface area contributed by atoms with E-state index in [4.69, 9.17) is 5.26 Å². The van der Waals surface area contributed by atoms with Crippen molar-refractivity contribution in [2.75, 3.05) is 18.0 Å². The normalized spacial score (nSPS) is 20.6. The largest absolute Gasteiger partial charge is 0.329 e. The van der Waals surface area contributed by atoms with Gasteiger partial charge in [-0.2, -0.15) is 9.57 Å². The lowest BCUT2D eigenvalue weighted by Gasteiger charge is -2.29. The van der Waals surface area contributed by atoms with Gasteiger partial charge in [0.25, 0.3) is 5.91 Å². The summed E-state index contributed by atoms with van der Waals surface area (Å²) in [5.41, 5.74) is 1.91. The van der Waals surface area contributed by atoms with Gasteiger partial charge in [0.05, 0.1) is 6.07 Å². The van der Waals surface area contributed by atoms with E-state index in [1.165, 1.54) is 14.6 Å². The predicted molar refractivity (Wildman–Crippen MR) is 114 cm³/mol. The summed E-state index contributed by atoms with van der Waals surface area (Å²) in [6.45, 7) is 7.71. The first-order valence-corrected chi connectivity index (χ1v) is 11.3. The molecule has 2 heterocycles. The molecule has 0 spiro atoms. The fraction of sp³-hybridized carbons (Fsp3) is 0.476. The highest BCUT2D eigenvalue weighted by atomic mass is 32.2. The second-order valence-corrected chi connectivity index (χ2v) is 10.1. The molecule has 3 rings (SSSR count). The Kier molecular flexibility index (Phi) is 5.76. The molecular weight excluding hydrogens is 404 g/mol. The molecule has 30 heavy (non-hydrogen) atoms. The maximum absolute atomic E-state index is 12.7. The van der Waals surface area contributed by atoms with Crippen molar-refractivity contribution in [2.45, 2.75) is 46.1 Å². The molecular formula is C21H26N4O4S. The maximum atomic E-state index is 12.7. The van der Waals surface area contributed by atoms with Crippen molar-refractivity contribution in [2.24, 2.45) is 5.92 Å². The minimum absolute atomic E-state index is 0.0867. The first kappa shape index (κ1) is 22.0. The SMILES string of the molecule is Cc1cc(N2C(=O)NC(=O)C2(C)C)cc(C)c1C=CS(=O)(=O)N1CCC(C#N)CC1. The highest BCUT2D eigenvalue weighted by Gasteiger charge is 2.46. The summed E-state index contributed by atoms with van der Waals surface area (Å²) in [6, 6.07) is 5.27. The third-order valence-electron chi connectivity index (χ3n) is 5.78. The van der Waals surface area contributed by atoms with Gasteiger partial charge in [0.2, 0.25) is 10.0 Å². The molecule has 8 nitrogen and oxygen atoms in total. The topological polar surface area (TPSA) is 111 Å². The van der Waals surface area contributed by atoms with Crippen LogP contribution in [0.15, 0.2) is 17.5 Å². The molecule has 160 valence electrons. The van der Waals surface area contributed by atoms with Crippen molar-refractivity contribution in [3.05, 3.63) is 34.2 Å². The number of anilines is 1. The summed E-state index contributed by atoms with van der Waals surface area (Å²) in [4.78, 5) is 25.7. The molecule has 1 N–H and O–H groups in total. The first-order chi connectivity index (χ1) is 14.0. The number of nitriles is 1. The smallest absolute Gasteiger partial charge is 0.279 e. The summed E-state index contributed by atoms with van der Waals surface area (Å²) < 4.78 is 26.8. The van der Waals surface area contributed by atoms with Gasteiger partial charge < -0.3 is 0 Å². The van der Waals surface area contributed by atoms with Crippen LogP contribution in [0.5, 0.6) is 0 Å². The summed E-state index contributed by atoms with van der Waals surface area (Å²) >= 11 is 0. The third kappa shape index (κ3) is 3.98. The number of benzene rings is 1. The average molecular weight is 431 g/mol. The fourth-order valence-electron chi connectivity index (χ4n) is 3.92. The van der Waals surface area contributed by atoms with E-state index in [0.29, 0.717) is 31.6 Å². The van der Waals surface area contributed by atoms with Crippen LogP contribution in [-0.2, 0) is 14.8 Å². The van der Waals surface area contributed by atoms with Gasteiger partial charge in [-0.3, -0.25) is 15.0 Å². The van der Waals surface area contributed by atoms with Crippen molar-refractivity contribution in [3.63, 3.8) is 0 Å². The number of urea groups is 1. The Bertz CT molecular complexity index is 1040. The Morgan fingerprint density at radius 2 is 1.73 bits per heavy atom. The zero-order chi connectivity index (χ0) is 22.3. The van der Waals surface area contributed by atoms with Crippen molar-refractivity contribution in [1.82, 2.24) is 9.62 Å². The molecule has 0 unspecified atom stereocenters. The van der Waals surface area contributed by atoms with Crippen molar-refractivity contribution < 1.29 is 18.0 Å². The van der Waals surface area contributed by atoms with Gasteiger partial charge in [-0.05, 0) is 75.4 Å². The lowest BCUT2D eigenvalue weighted by Crippen LogP contribution is -2.44. The number of amides is 3. The lowest BCUT2D eigenvalue weighted by atomic mass is 9.98. The minimum atomic E-state index is -3.58. The van der Waals surface area contributed by atoms with Crippen LogP contribution in [0.3, 0.4) is 0 Å². The molecule has 0 aliphatic carbocycles. The van der Waals surface area contributed by atoms with Crippen LogP contribution < -0.4 is 10.2 Å². The van der Waals surface area contributed by atoms with Crippen molar-refractivity contribution in [1.29, 1.82) is 5.26 Å². The van der Waals surface area contributed by atoms with E-state index in [2.05, 4.69) is 11.4 Å². The van der Waals surface area contributed by atoms with Crippen LogP contribution in [0.25, 0.3) is 6.08 Å². The number of piperidine rings is 1. The number of imide groups is 1. The fourth-order valence-corrected chi connectivity index (χ4v) is 5.12. The van der Waals surface area contributed by atoms with Gasteiger partial charge in [0.15, 0.2) is 0 Å². The maximum Gasteiger partial charge on any atom is 0.329 e. The van der Waals surface area contributed by atoms with Gasteiger partial charge in [-0.1, -0.05) is 0 Å². The summed E-state index contributed by atoms with van der Waals surface area (Å²) in [7, 11) is -3.58. The molecule has 0 atom stereocenters. The van der Waals surface area contributed by atoms with E-state index in [1.807, 2.05) is 13.8 Å². The highest BCUT2D eigenvalue weighted by Crippen LogP contribution is 2.32. The molecule has 3 amide bonds. The zero-order valence-electron chi connectivity index (χ0n) is 17.6. The van der Waals surface area contributed by atoms with E-state index < -0.39 is 21.6 Å². The molecule has 0 aromatic heterocycles. The molecule has 9 heteroatoms. The van der Waals surface area contributed by atoms with E-state index >= 15 is 0 Å². The van der Waals surface area contributed by atoms with Gasteiger partial charge in [0.1, 0.15) is 5.54 Å². The Morgan fingerprint density at radius 3 is 2.20 bits per heavy atom. The minimum Gasteiger partial charge on any atom is -0.279 e. The average Bonchev–Trinajstić information content (AvgIpc) is 2.87. The lowest BCUT2D eigenvalue weighted by molar-refractivity contribution is -0.122. The number of hydrogen-bond donors (Lipinski definition) is 1. The molecule has 0 radical (unpaired) electrons. The van der Waals surface area contributed by atoms with E-state index in [1.54, 1.807) is 32.1 Å². The molecule has 2 aliphatic rings. The quantitative estimate of drug-likeness (QED) is 0.739. The first-order valence-electron chi connectivity index (χ1n) is 9.82. The van der Waals surface area contributed by atoms with Crippen LogP contribution in [0, 0.1) is 31.1 Å². The van der Waals surface area contributed by atoms with Crippen LogP contribution >= 0.6 is 0 Å². The standard InChI is InChI=1S/C21H26N4O4S/c1-14-11-17(25-20(27)23-19(26)21(25,3)4)12-15(2)18(14)7-10-30(28,29)24-8-5-16(13-22)6-9-24/h7,10-12,16H,5-6,8-9H2,1-4H3,(H,23,26,27). The van der Waals surface area contributed by atoms with Crippen molar-refractivity contribution >= 4 is 33.7 Å². The number of hydrogen-bond acceptors (Lipinski definition) is 5. The molecule has 2 fully saturated rings. The van der Waals surface area contributed by atoms with Crippen LogP contribution in [-0.4, -0.2) is 43.3 Å². The number of nitrogens with one attached hydrogen (secondary N) is 1. The van der Waals surface area contributed by atoms with Gasteiger partial charge in [-0.25, -0.2) is 13.2 Å². The summed E-state index contributed by atoms with van der Waals surface area (Å²) in [5.74, 6) is -0.450. The predicted octanol–water partition coefficient (Wildman–Crippen LogP) is 2.67. The number of rotatable bonds is 4. The Balaban J connectivity index is 1.85. The van der Waals surface area contributed by atoms with E-state index in [9.17, 15) is 18.0 Å². The number of carbonyl (C=O) groups is 2. The second-order valence-electron chi connectivity index (χ2n) is 8.30. The van der Waals surface area contributed by atoms with Gasteiger partial charge >= 0.3 is 6.03 Å². The zero-order valence-corrected chi connectivity index (χ0v) is 18.4. The Labute approximate surface area is 177 Å². The molecule has 2 saturated heterocycles. The Hall–Kier alpha value is -2.70. The highest BCUT2D eigenvalue weighted by molar-refractivity contribution is 7.92. The van der Waals surface area contributed by atoms with Gasteiger partial charge in [-0.15, -0.1) is 0 Å². The second kappa shape index (κ2) is 7.85. The van der Waals surface area contributed by atoms with E-state index in [0.717, 1.165) is 16.7 Å². The van der Waals surface area contributed by atoms with Crippen LogP contribution in [0.1, 0.15) is 43.4 Å². The number of carbonyl (C=O) groups excluding carboxylic acids is 2. The molecule has 1 aromatic carbocycles. The number of nitrogens with zero attached hydrogens (tertiary/aromatic N) is 3. The van der Waals surface area contributed by atoms with Crippen molar-refractivity contribution in [3.8, 4) is 6.07 Å². The monoisotopic (exact) mass is 430 g/mol.